The highest BCUT2D eigenvalue weighted by Gasteiger charge is 2.15. The highest BCUT2D eigenvalue weighted by atomic mass is 16.5. The van der Waals surface area contributed by atoms with E-state index in [9.17, 15) is 4.79 Å². The van der Waals surface area contributed by atoms with Gasteiger partial charge in [0.15, 0.2) is 0 Å². The molecule has 82 valence electrons. The standard InChI is InChI=1S/C9H18N2O3/c10-3-6-14-7-9(12)11-8-1-4-13-5-2-8/h8H,1-7,10H2,(H,11,12). The van der Waals surface area contributed by atoms with Crippen LogP contribution in [0.4, 0.5) is 0 Å². The molecule has 1 fully saturated rings. The Balaban J connectivity index is 2.06. The van der Waals surface area contributed by atoms with Gasteiger partial charge in [0, 0.05) is 25.8 Å². The Morgan fingerprint density at radius 2 is 2.21 bits per heavy atom. The monoisotopic (exact) mass is 202 g/mol. The van der Waals surface area contributed by atoms with Gasteiger partial charge in [0.05, 0.1) is 6.61 Å². The largest absolute Gasteiger partial charge is 0.381 e. The van der Waals surface area contributed by atoms with Crippen molar-refractivity contribution in [2.45, 2.75) is 18.9 Å². The van der Waals surface area contributed by atoms with Crippen LogP contribution in [0.2, 0.25) is 0 Å². The molecule has 5 nitrogen and oxygen atoms in total. The van der Waals surface area contributed by atoms with Crippen LogP contribution in [0.25, 0.3) is 0 Å². The van der Waals surface area contributed by atoms with Gasteiger partial charge < -0.3 is 20.5 Å². The fourth-order valence-electron chi connectivity index (χ4n) is 1.36. The SMILES string of the molecule is NCCOCC(=O)NC1CCOCC1. The molecule has 1 amide bonds. The topological polar surface area (TPSA) is 73.6 Å². The summed E-state index contributed by atoms with van der Waals surface area (Å²) in [4.78, 5) is 11.3. The summed E-state index contributed by atoms with van der Waals surface area (Å²) < 4.78 is 10.2. The minimum atomic E-state index is -0.0645. The molecule has 1 aliphatic heterocycles. The van der Waals surface area contributed by atoms with Crippen molar-refractivity contribution >= 4 is 5.91 Å². The number of carbonyl (C=O) groups excluding carboxylic acids is 1. The molecule has 0 spiro atoms. The Bertz CT molecular complexity index is 169. The first-order chi connectivity index (χ1) is 6.83. The van der Waals surface area contributed by atoms with Crippen LogP contribution in [0, 0.1) is 0 Å². The van der Waals surface area contributed by atoms with Gasteiger partial charge in [0.25, 0.3) is 0 Å². The van der Waals surface area contributed by atoms with Gasteiger partial charge in [-0.05, 0) is 12.8 Å². The fourth-order valence-corrected chi connectivity index (χ4v) is 1.36. The number of amides is 1. The second kappa shape index (κ2) is 6.75. The number of carbonyl (C=O) groups is 1. The number of hydrogen-bond acceptors (Lipinski definition) is 4. The second-order valence-corrected chi connectivity index (χ2v) is 3.30. The summed E-state index contributed by atoms with van der Waals surface area (Å²) in [6, 6.07) is 0.248. The summed E-state index contributed by atoms with van der Waals surface area (Å²) in [7, 11) is 0. The van der Waals surface area contributed by atoms with E-state index >= 15 is 0 Å². The zero-order valence-corrected chi connectivity index (χ0v) is 8.33. The molecule has 3 N–H and O–H groups in total. The summed E-state index contributed by atoms with van der Waals surface area (Å²) in [5.74, 6) is -0.0645. The normalized spacial score (nSPS) is 18.1. The Morgan fingerprint density at radius 3 is 2.86 bits per heavy atom. The molecule has 0 saturated carbocycles. The van der Waals surface area contributed by atoms with E-state index in [1.54, 1.807) is 0 Å². The number of ether oxygens (including phenoxy) is 2. The average molecular weight is 202 g/mol. The third-order valence-electron chi connectivity index (χ3n) is 2.08. The van der Waals surface area contributed by atoms with Gasteiger partial charge in [-0.2, -0.15) is 0 Å². The van der Waals surface area contributed by atoms with Crippen LogP contribution in [0.5, 0.6) is 0 Å². The summed E-state index contributed by atoms with van der Waals surface area (Å²) in [6.07, 6.45) is 1.78. The van der Waals surface area contributed by atoms with Crippen molar-refractivity contribution in [1.29, 1.82) is 0 Å². The number of nitrogens with one attached hydrogen (secondary N) is 1. The van der Waals surface area contributed by atoms with Crippen LogP contribution in [-0.4, -0.2) is 44.9 Å². The van der Waals surface area contributed by atoms with Crippen LogP contribution in [-0.2, 0) is 14.3 Å². The Kier molecular flexibility index (Phi) is 5.51. The molecule has 1 aliphatic rings. The maximum Gasteiger partial charge on any atom is 0.246 e. The van der Waals surface area contributed by atoms with Crippen LogP contribution in [0.3, 0.4) is 0 Å². The average Bonchev–Trinajstić information content (AvgIpc) is 2.20. The first-order valence-electron chi connectivity index (χ1n) is 4.98. The van der Waals surface area contributed by atoms with Gasteiger partial charge in [-0.25, -0.2) is 0 Å². The van der Waals surface area contributed by atoms with E-state index in [0.717, 1.165) is 26.1 Å². The molecule has 14 heavy (non-hydrogen) atoms. The van der Waals surface area contributed by atoms with Gasteiger partial charge in [-0.15, -0.1) is 0 Å². The molecular weight excluding hydrogens is 184 g/mol. The zero-order chi connectivity index (χ0) is 10.2. The molecule has 1 saturated heterocycles. The molecule has 0 aromatic carbocycles. The number of rotatable bonds is 5. The lowest BCUT2D eigenvalue weighted by Crippen LogP contribution is -2.40. The molecule has 0 radical (unpaired) electrons. The Morgan fingerprint density at radius 1 is 1.50 bits per heavy atom. The molecule has 5 heteroatoms. The highest BCUT2D eigenvalue weighted by molar-refractivity contribution is 5.77. The molecule has 0 atom stereocenters. The minimum Gasteiger partial charge on any atom is -0.381 e. The number of hydrogen-bond donors (Lipinski definition) is 2. The maximum absolute atomic E-state index is 11.3. The third-order valence-corrected chi connectivity index (χ3v) is 2.08. The van der Waals surface area contributed by atoms with E-state index in [4.69, 9.17) is 15.2 Å². The van der Waals surface area contributed by atoms with E-state index in [-0.39, 0.29) is 18.6 Å². The van der Waals surface area contributed by atoms with Crippen molar-refractivity contribution in [3.05, 3.63) is 0 Å². The number of nitrogens with two attached hydrogens (primary N) is 1. The lowest BCUT2D eigenvalue weighted by atomic mass is 10.1. The zero-order valence-electron chi connectivity index (χ0n) is 8.33. The van der Waals surface area contributed by atoms with Crippen LogP contribution in [0.1, 0.15) is 12.8 Å². The van der Waals surface area contributed by atoms with Crippen LogP contribution in [0.15, 0.2) is 0 Å². The molecule has 0 aliphatic carbocycles. The lowest BCUT2D eigenvalue weighted by Gasteiger charge is -2.22. The van der Waals surface area contributed by atoms with Crippen molar-refractivity contribution in [2.75, 3.05) is 33.0 Å². The van der Waals surface area contributed by atoms with Crippen molar-refractivity contribution in [2.24, 2.45) is 5.73 Å². The van der Waals surface area contributed by atoms with Crippen molar-refractivity contribution in [1.82, 2.24) is 5.32 Å². The highest BCUT2D eigenvalue weighted by Crippen LogP contribution is 2.05. The smallest absolute Gasteiger partial charge is 0.246 e. The first-order valence-corrected chi connectivity index (χ1v) is 4.98. The molecule has 1 heterocycles. The predicted molar refractivity (Wildman–Crippen MR) is 51.9 cm³/mol. The molecule has 0 unspecified atom stereocenters. The van der Waals surface area contributed by atoms with E-state index < -0.39 is 0 Å². The van der Waals surface area contributed by atoms with Gasteiger partial charge in [0.2, 0.25) is 5.91 Å². The fraction of sp³-hybridized carbons (Fsp3) is 0.889. The van der Waals surface area contributed by atoms with Crippen molar-refractivity contribution in [3.63, 3.8) is 0 Å². The maximum atomic E-state index is 11.3. The summed E-state index contributed by atoms with van der Waals surface area (Å²) in [5.41, 5.74) is 5.23. The third kappa shape index (κ3) is 4.55. The summed E-state index contributed by atoms with van der Waals surface area (Å²) in [5, 5.41) is 2.89. The Labute approximate surface area is 83.9 Å². The summed E-state index contributed by atoms with van der Waals surface area (Å²) >= 11 is 0. The summed E-state index contributed by atoms with van der Waals surface area (Å²) in [6.45, 7) is 2.45. The van der Waals surface area contributed by atoms with E-state index in [0.29, 0.717) is 13.2 Å². The quantitative estimate of drug-likeness (QED) is 0.576. The van der Waals surface area contributed by atoms with E-state index in [1.165, 1.54) is 0 Å². The van der Waals surface area contributed by atoms with Crippen LogP contribution >= 0.6 is 0 Å². The van der Waals surface area contributed by atoms with Crippen molar-refractivity contribution in [3.8, 4) is 0 Å². The van der Waals surface area contributed by atoms with E-state index in [2.05, 4.69) is 5.32 Å². The molecular formula is C9H18N2O3. The van der Waals surface area contributed by atoms with Gasteiger partial charge in [0.1, 0.15) is 6.61 Å². The van der Waals surface area contributed by atoms with Gasteiger partial charge >= 0.3 is 0 Å². The first kappa shape index (κ1) is 11.4. The van der Waals surface area contributed by atoms with Gasteiger partial charge in [-0.3, -0.25) is 4.79 Å². The molecule has 1 rings (SSSR count). The van der Waals surface area contributed by atoms with Crippen LogP contribution < -0.4 is 11.1 Å². The second-order valence-electron chi connectivity index (χ2n) is 3.30. The van der Waals surface area contributed by atoms with Gasteiger partial charge in [-0.1, -0.05) is 0 Å². The predicted octanol–water partition coefficient (Wildman–Crippen LogP) is -0.743. The van der Waals surface area contributed by atoms with Crippen molar-refractivity contribution < 1.29 is 14.3 Å². The lowest BCUT2D eigenvalue weighted by molar-refractivity contribution is -0.126. The van der Waals surface area contributed by atoms with E-state index in [1.807, 2.05) is 0 Å². The molecule has 0 aromatic heterocycles. The molecule has 0 aromatic rings. The Hall–Kier alpha value is -0.650. The minimum absolute atomic E-state index is 0.0645. The molecule has 0 bridgehead atoms.